The van der Waals surface area contributed by atoms with Crippen LogP contribution in [0.2, 0.25) is 0 Å². The van der Waals surface area contributed by atoms with Crippen LogP contribution in [0.1, 0.15) is 6.42 Å². The maximum absolute atomic E-state index is 11.2. The number of rotatable bonds is 6. The molecule has 0 spiro atoms. The van der Waals surface area contributed by atoms with E-state index in [0.717, 1.165) is 0 Å². The molecule has 0 aliphatic heterocycles. The average Bonchev–Trinajstić information content (AvgIpc) is 2.20. The van der Waals surface area contributed by atoms with Crippen LogP contribution in [0.15, 0.2) is 29.2 Å². The second-order valence-corrected chi connectivity index (χ2v) is 3.13. The highest BCUT2D eigenvalue weighted by Crippen LogP contribution is 1.81. The summed E-state index contributed by atoms with van der Waals surface area (Å²) in [5.41, 5.74) is -0.0439. The second-order valence-electron chi connectivity index (χ2n) is 3.13. The zero-order valence-corrected chi connectivity index (χ0v) is 8.35. The zero-order chi connectivity index (χ0) is 11.1. The minimum absolute atomic E-state index is 0.0439. The van der Waals surface area contributed by atoms with E-state index in [4.69, 9.17) is 5.11 Å². The number of nitrogens with one attached hydrogen (secondary N) is 1. The van der Waals surface area contributed by atoms with Gasteiger partial charge >= 0.3 is 5.97 Å². The Hall–Kier alpha value is -1.62. The highest BCUT2D eigenvalue weighted by atomic mass is 16.4. The first kappa shape index (κ1) is 11.5. The van der Waals surface area contributed by atoms with Crippen LogP contribution in [-0.4, -0.2) is 28.7 Å². The van der Waals surface area contributed by atoms with Gasteiger partial charge in [0.2, 0.25) is 0 Å². The van der Waals surface area contributed by atoms with E-state index < -0.39 is 5.97 Å². The van der Waals surface area contributed by atoms with Crippen LogP contribution in [-0.2, 0) is 11.3 Å². The van der Waals surface area contributed by atoms with Crippen LogP contribution >= 0.6 is 0 Å². The third-order valence-electron chi connectivity index (χ3n) is 1.94. The Balaban J connectivity index is 2.24. The Kier molecular flexibility index (Phi) is 4.56. The van der Waals surface area contributed by atoms with Crippen LogP contribution in [0.5, 0.6) is 0 Å². The molecule has 0 bridgehead atoms. The van der Waals surface area contributed by atoms with Crippen LogP contribution in [0.4, 0.5) is 0 Å². The van der Waals surface area contributed by atoms with Gasteiger partial charge in [-0.15, -0.1) is 0 Å². The van der Waals surface area contributed by atoms with Crippen molar-refractivity contribution in [2.45, 2.75) is 13.0 Å². The van der Waals surface area contributed by atoms with Gasteiger partial charge in [0.25, 0.3) is 5.56 Å². The maximum atomic E-state index is 11.2. The summed E-state index contributed by atoms with van der Waals surface area (Å²) in [6.45, 7) is 1.58. The van der Waals surface area contributed by atoms with E-state index in [-0.39, 0.29) is 12.0 Å². The monoisotopic (exact) mass is 210 g/mol. The summed E-state index contributed by atoms with van der Waals surface area (Å²) in [6, 6.07) is 4.98. The minimum Gasteiger partial charge on any atom is -0.481 e. The van der Waals surface area contributed by atoms with Gasteiger partial charge in [0, 0.05) is 31.9 Å². The molecule has 0 saturated carbocycles. The van der Waals surface area contributed by atoms with Gasteiger partial charge in [0.15, 0.2) is 0 Å². The summed E-state index contributed by atoms with van der Waals surface area (Å²) in [7, 11) is 0. The summed E-state index contributed by atoms with van der Waals surface area (Å²) in [4.78, 5) is 21.4. The predicted octanol–water partition coefficient (Wildman–Crippen LogP) is -0.0874. The molecule has 5 nitrogen and oxygen atoms in total. The van der Waals surface area contributed by atoms with Gasteiger partial charge in [0.1, 0.15) is 0 Å². The molecule has 0 aromatic carbocycles. The van der Waals surface area contributed by atoms with Crippen LogP contribution in [0.3, 0.4) is 0 Å². The number of nitrogens with zero attached hydrogens (tertiary/aromatic N) is 1. The molecule has 0 aliphatic rings. The zero-order valence-electron chi connectivity index (χ0n) is 8.35. The number of pyridine rings is 1. The Labute approximate surface area is 87.4 Å². The third kappa shape index (κ3) is 4.42. The lowest BCUT2D eigenvalue weighted by Crippen LogP contribution is -2.27. The summed E-state index contributed by atoms with van der Waals surface area (Å²) in [6.07, 6.45) is 1.81. The Morgan fingerprint density at radius 3 is 2.87 bits per heavy atom. The van der Waals surface area contributed by atoms with E-state index in [0.29, 0.717) is 19.6 Å². The van der Waals surface area contributed by atoms with Crippen LogP contribution < -0.4 is 10.9 Å². The fraction of sp³-hybridized carbons (Fsp3) is 0.400. The van der Waals surface area contributed by atoms with Gasteiger partial charge in [-0.25, -0.2) is 0 Å². The number of hydrogen-bond acceptors (Lipinski definition) is 3. The van der Waals surface area contributed by atoms with E-state index in [9.17, 15) is 9.59 Å². The van der Waals surface area contributed by atoms with Crippen LogP contribution in [0, 0.1) is 0 Å². The minimum atomic E-state index is -0.820. The van der Waals surface area contributed by atoms with Crippen molar-refractivity contribution in [3.8, 4) is 0 Å². The van der Waals surface area contributed by atoms with Crippen molar-refractivity contribution >= 4 is 5.97 Å². The van der Waals surface area contributed by atoms with Crippen molar-refractivity contribution in [2.75, 3.05) is 13.1 Å². The lowest BCUT2D eigenvalue weighted by molar-refractivity contribution is -0.136. The van der Waals surface area contributed by atoms with E-state index >= 15 is 0 Å². The van der Waals surface area contributed by atoms with E-state index in [1.54, 1.807) is 22.9 Å². The third-order valence-corrected chi connectivity index (χ3v) is 1.94. The first-order valence-electron chi connectivity index (χ1n) is 4.78. The molecular weight excluding hydrogens is 196 g/mol. The average molecular weight is 210 g/mol. The molecule has 0 aliphatic carbocycles. The molecule has 2 N–H and O–H groups in total. The van der Waals surface area contributed by atoms with Crippen molar-refractivity contribution in [1.29, 1.82) is 0 Å². The smallest absolute Gasteiger partial charge is 0.304 e. The Morgan fingerprint density at radius 2 is 2.20 bits per heavy atom. The molecule has 15 heavy (non-hydrogen) atoms. The van der Waals surface area contributed by atoms with Gasteiger partial charge in [-0.3, -0.25) is 9.59 Å². The SMILES string of the molecule is O=C(O)CCNCCn1ccccc1=O. The number of aromatic nitrogens is 1. The van der Waals surface area contributed by atoms with Gasteiger partial charge in [-0.1, -0.05) is 6.07 Å². The molecule has 0 unspecified atom stereocenters. The van der Waals surface area contributed by atoms with Gasteiger partial charge < -0.3 is 15.0 Å². The molecule has 82 valence electrons. The summed E-state index contributed by atoms with van der Waals surface area (Å²) < 4.78 is 1.58. The van der Waals surface area contributed by atoms with Crippen molar-refractivity contribution in [3.63, 3.8) is 0 Å². The molecule has 0 atom stereocenters. The Morgan fingerprint density at radius 1 is 1.40 bits per heavy atom. The van der Waals surface area contributed by atoms with Crippen LogP contribution in [0.25, 0.3) is 0 Å². The largest absolute Gasteiger partial charge is 0.481 e. The van der Waals surface area contributed by atoms with Gasteiger partial charge in [0.05, 0.1) is 6.42 Å². The molecule has 5 heteroatoms. The maximum Gasteiger partial charge on any atom is 0.304 e. The van der Waals surface area contributed by atoms with Crippen molar-refractivity contribution in [1.82, 2.24) is 9.88 Å². The highest BCUT2D eigenvalue weighted by Gasteiger charge is 1.96. The van der Waals surface area contributed by atoms with E-state index in [1.165, 1.54) is 6.07 Å². The fourth-order valence-electron chi connectivity index (χ4n) is 1.17. The number of hydrogen-bond donors (Lipinski definition) is 2. The molecule has 1 aromatic heterocycles. The van der Waals surface area contributed by atoms with Crippen molar-refractivity contribution < 1.29 is 9.90 Å². The number of carboxylic acids is 1. The topological polar surface area (TPSA) is 71.3 Å². The first-order chi connectivity index (χ1) is 7.20. The quantitative estimate of drug-likeness (QED) is 0.644. The summed E-state index contributed by atoms with van der Waals surface area (Å²) >= 11 is 0. The lowest BCUT2D eigenvalue weighted by Gasteiger charge is -2.05. The van der Waals surface area contributed by atoms with Crippen molar-refractivity contribution in [3.05, 3.63) is 34.7 Å². The van der Waals surface area contributed by atoms with Gasteiger partial charge in [-0.2, -0.15) is 0 Å². The van der Waals surface area contributed by atoms with Gasteiger partial charge in [-0.05, 0) is 6.07 Å². The first-order valence-corrected chi connectivity index (χ1v) is 4.78. The van der Waals surface area contributed by atoms with E-state index in [1.807, 2.05) is 0 Å². The number of aliphatic carboxylic acids is 1. The normalized spacial score (nSPS) is 10.1. The second kappa shape index (κ2) is 5.98. The molecule has 0 saturated heterocycles. The molecular formula is C10H14N2O3. The number of carbonyl (C=O) groups is 1. The molecule has 0 amide bonds. The summed E-state index contributed by atoms with van der Waals surface area (Å²) in [5.74, 6) is -0.820. The molecule has 0 fully saturated rings. The molecule has 1 rings (SSSR count). The fourth-order valence-corrected chi connectivity index (χ4v) is 1.17. The highest BCUT2D eigenvalue weighted by molar-refractivity contribution is 5.66. The predicted molar refractivity (Wildman–Crippen MR) is 55.8 cm³/mol. The standard InChI is InChI=1S/C10H14N2O3/c13-9-3-1-2-7-12(9)8-6-11-5-4-10(14)15/h1-3,7,11H,4-6,8H2,(H,14,15). The summed E-state index contributed by atoms with van der Waals surface area (Å²) in [5, 5.41) is 11.3. The number of carboxylic acid groups (broad SMARTS) is 1. The molecule has 0 radical (unpaired) electrons. The van der Waals surface area contributed by atoms with E-state index in [2.05, 4.69) is 5.32 Å². The molecule has 1 heterocycles. The lowest BCUT2D eigenvalue weighted by atomic mass is 10.4. The van der Waals surface area contributed by atoms with Crippen molar-refractivity contribution in [2.24, 2.45) is 0 Å². The Bertz CT molecular complexity index is 373. The molecule has 1 aromatic rings.